The number of nitrogens with zero attached hydrogens (tertiary/aromatic N) is 3. The van der Waals surface area contributed by atoms with Crippen LogP contribution >= 0.6 is 0 Å². The van der Waals surface area contributed by atoms with Crippen LogP contribution in [0.3, 0.4) is 0 Å². The summed E-state index contributed by atoms with van der Waals surface area (Å²) in [5, 5.41) is 2.94. The molecular formula is C19H20N4O2. The third-order valence-corrected chi connectivity index (χ3v) is 4.55. The van der Waals surface area contributed by atoms with Crippen LogP contribution in [0.4, 0.5) is 5.69 Å². The lowest BCUT2D eigenvalue weighted by molar-refractivity contribution is 0.102. The molecule has 0 fully saturated rings. The number of methoxy groups -OCH3 is 1. The minimum absolute atomic E-state index is 0.147. The van der Waals surface area contributed by atoms with Crippen LogP contribution in [0.5, 0.6) is 5.75 Å². The van der Waals surface area contributed by atoms with Gasteiger partial charge in [0.2, 0.25) is 0 Å². The van der Waals surface area contributed by atoms with Gasteiger partial charge in [-0.2, -0.15) is 0 Å². The Morgan fingerprint density at radius 1 is 1.16 bits per heavy atom. The van der Waals surface area contributed by atoms with Gasteiger partial charge in [-0.05, 0) is 49.5 Å². The average Bonchev–Trinajstić information content (AvgIpc) is 2.98. The number of anilines is 1. The standard InChI is InChI=1S/C19H20N4O2/c1-22-9-10-23-17-8-5-14(11-16(17)21-18(23)12-22)20-19(24)13-3-6-15(25-2)7-4-13/h3-8,11H,9-10,12H2,1-2H3,(H,20,24). The minimum Gasteiger partial charge on any atom is -0.497 e. The van der Waals surface area contributed by atoms with Crippen molar-refractivity contribution < 1.29 is 9.53 Å². The maximum atomic E-state index is 12.4. The second-order valence-electron chi connectivity index (χ2n) is 6.30. The molecule has 0 aliphatic carbocycles. The zero-order valence-electron chi connectivity index (χ0n) is 14.3. The molecule has 1 aliphatic heterocycles. The highest BCUT2D eigenvalue weighted by atomic mass is 16.5. The van der Waals surface area contributed by atoms with Gasteiger partial charge in [-0.15, -0.1) is 0 Å². The van der Waals surface area contributed by atoms with Gasteiger partial charge in [-0.3, -0.25) is 9.69 Å². The SMILES string of the molecule is COc1ccc(C(=O)Nc2ccc3c(c2)nc2n3CCN(C)C2)cc1. The molecule has 1 N–H and O–H groups in total. The van der Waals surface area contributed by atoms with E-state index in [1.165, 1.54) is 0 Å². The van der Waals surface area contributed by atoms with Gasteiger partial charge in [-0.1, -0.05) is 0 Å². The van der Waals surface area contributed by atoms with Crippen molar-refractivity contribution in [2.24, 2.45) is 0 Å². The van der Waals surface area contributed by atoms with E-state index in [0.717, 1.165) is 47.9 Å². The Morgan fingerprint density at radius 2 is 1.96 bits per heavy atom. The predicted molar refractivity (Wildman–Crippen MR) is 97.0 cm³/mol. The average molecular weight is 336 g/mol. The fraction of sp³-hybridized carbons (Fsp3) is 0.263. The number of amides is 1. The summed E-state index contributed by atoms with van der Waals surface area (Å²) in [4.78, 5) is 19.4. The van der Waals surface area contributed by atoms with Crippen molar-refractivity contribution in [3.8, 4) is 5.75 Å². The summed E-state index contributed by atoms with van der Waals surface area (Å²) < 4.78 is 7.37. The molecular weight excluding hydrogens is 316 g/mol. The van der Waals surface area contributed by atoms with Crippen molar-refractivity contribution in [2.45, 2.75) is 13.1 Å². The number of hydrogen-bond donors (Lipinski definition) is 1. The Bertz CT molecular complexity index is 930. The number of imidazole rings is 1. The first kappa shape index (κ1) is 15.7. The van der Waals surface area contributed by atoms with Crippen molar-refractivity contribution in [2.75, 3.05) is 26.0 Å². The molecule has 0 spiro atoms. The molecule has 6 nitrogen and oxygen atoms in total. The molecule has 6 heteroatoms. The topological polar surface area (TPSA) is 59.4 Å². The molecule has 4 rings (SSSR count). The van der Waals surface area contributed by atoms with Gasteiger partial charge in [-0.25, -0.2) is 4.98 Å². The second kappa shape index (κ2) is 6.22. The zero-order chi connectivity index (χ0) is 17.4. The van der Waals surface area contributed by atoms with Crippen molar-refractivity contribution in [1.29, 1.82) is 0 Å². The number of carbonyl (C=O) groups is 1. The summed E-state index contributed by atoms with van der Waals surface area (Å²) in [5.74, 6) is 1.65. The quantitative estimate of drug-likeness (QED) is 0.799. The first-order valence-electron chi connectivity index (χ1n) is 8.27. The van der Waals surface area contributed by atoms with E-state index in [9.17, 15) is 4.79 Å². The molecule has 25 heavy (non-hydrogen) atoms. The first-order chi connectivity index (χ1) is 12.1. The summed E-state index contributed by atoms with van der Waals surface area (Å²) in [6.45, 7) is 2.82. The summed E-state index contributed by atoms with van der Waals surface area (Å²) >= 11 is 0. The smallest absolute Gasteiger partial charge is 0.255 e. The Kier molecular flexibility index (Phi) is 3.89. The predicted octanol–water partition coefficient (Wildman–Crippen LogP) is 2.74. The summed E-state index contributed by atoms with van der Waals surface area (Å²) in [6.07, 6.45) is 0. The summed E-state index contributed by atoms with van der Waals surface area (Å²) in [7, 11) is 3.70. The molecule has 2 aromatic carbocycles. The molecule has 0 unspecified atom stereocenters. The number of benzene rings is 2. The number of fused-ring (bicyclic) bond motifs is 3. The van der Waals surface area contributed by atoms with Gasteiger partial charge in [0, 0.05) is 24.3 Å². The van der Waals surface area contributed by atoms with Gasteiger partial charge >= 0.3 is 0 Å². The van der Waals surface area contributed by atoms with Crippen molar-refractivity contribution in [1.82, 2.24) is 14.5 Å². The Morgan fingerprint density at radius 3 is 2.72 bits per heavy atom. The molecule has 2 heterocycles. The van der Waals surface area contributed by atoms with Crippen LogP contribution in [-0.4, -0.2) is 41.1 Å². The summed E-state index contributed by atoms with van der Waals surface area (Å²) in [6, 6.07) is 12.9. The molecule has 1 aromatic heterocycles. The van der Waals surface area contributed by atoms with E-state index in [4.69, 9.17) is 9.72 Å². The van der Waals surface area contributed by atoms with Crippen LogP contribution in [-0.2, 0) is 13.1 Å². The van der Waals surface area contributed by atoms with Crippen LogP contribution < -0.4 is 10.1 Å². The largest absolute Gasteiger partial charge is 0.497 e. The number of rotatable bonds is 3. The van der Waals surface area contributed by atoms with Crippen molar-refractivity contribution in [3.63, 3.8) is 0 Å². The minimum atomic E-state index is -0.147. The number of ether oxygens (including phenoxy) is 1. The molecule has 0 radical (unpaired) electrons. The number of nitrogens with one attached hydrogen (secondary N) is 1. The molecule has 1 amide bonds. The number of carbonyl (C=O) groups excluding carboxylic acids is 1. The molecule has 0 saturated carbocycles. The van der Waals surface area contributed by atoms with Crippen molar-refractivity contribution >= 4 is 22.6 Å². The van der Waals surface area contributed by atoms with Gasteiger partial charge in [0.05, 0.1) is 24.7 Å². The normalized spacial score (nSPS) is 14.3. The lowest BCUT2D eigenvalue weighted by Crippen LogP contribution is -2.30. The van der Waals surface area contributed by atoms with E-state index in [1.807, 2.05) is 18.2 Å². The lowest BCUT2D eigenvalue weighted by atomic mass is 10.2. The highest BCUT2D eigenvalue weighted by Gasteiger charge is 2.18. The number of likely N-dealkylation sites (N-methyl/N-ethyl adjacent to an activating group) is 1. The third kappa shape index (κ3) is 2.96. The monoisotopic (exact) mass is 336 g/mol. The molecule has 3 aromatic rings. The van der Waals surface area contributed by atoms with Crippen LogP contribution in [0.1, 0.15) is 16.2 Å². The molecule has 1 aliphatic rings. The van der Waals surface area contributed by atoms with Crippen LogP contribution in [0.15, 0.2) is 42.5 Å². The second-order valence-corrected chi connectivity index (χ2v) is 6.30. The van der Waals surface area contributed by atoms with Crippen LogP contribution in [0.25, 0.3) is 11.0 Å². The number of hydrogen-bond acceptors (Lipinski definition) is 4. The Labute approximate surface area is 146 Å². The van der Waals surface area contributed by atoms with Gasteiger partial charge in [0.1, 0.15) is 11.6 Å². The molecule has 0 bridgehead atoms. The lowest BCUT2D eigenvalue weighted by Gasteiger charge is -2.23. The van der Waals surface area contributed by atoms with Crippen LogP contribution in [0.2, 0.25) is 0 Å². The van der Waals surface area contributed by atoms with E-state index < -0.39 is 0 Å². The third-order valence-electron chi connectivity index (χ3n) is 4.55. The molecule has 0 atom stereocenters. The Balaban J connectivity index is 1.58. The highest BCUT2D eigenvalue weighted by Crippen LogP contribution is 2.24. The fourth-order valence-corrected chi connectivity index (χ4v) is 3.16. The fourth-order valence-electron chi connectivity index (χ4n) is 3.16. The molecule has 0 saturated heterocycles. The van der Waals surface area contributed by atoms with Crippen LogP contribution in [0, 0.1) is 0 Å². The van der Waals surface area contributed by atoms with E-state index >= 15 is 0 Å². The van der Waals surface area contributed by atoms with Crippen molar-refractivity contribution in [3.05, 3.63) is 53.9 Å². The van der Waals surface area contributed by atoms with E-state index in [2.05, 4.69) is 21.8 Å². The van der Waals surface area contributed by atoms with Gasteiger partial charge < -0.3 is 14.6 Å². The van der Waals surface area contributed by atoms with E-state index in [1.54, 1.807) is 31.4 Å². The first-order valence-corrected chi connectivity index (χ1v) is 8.27. The zero-order valence-corrected chi connectivity index (χ0v) is 14.3. The van der Waals surface area contributed by atoms with Gasteiger partial charge in [0.25, 0.3) is 5.91 Å². The van der Waals surface area contributed by atoms with Gasteiger partial charge in [0.15, 0.2) is 0 Å². The maximum absolute atomic E-state index is 12.4. The number of aromatic nitrogens is 2. The van der Waals surface area contributed by atoms with E-state index in [-0.39, 0.29) is 5.91 Å². The molecule has 128 valence electrons. The maximum Gasteiger partial charge on any atom is 0.255 e. The summed E-state index contributed by atoms with van der Waals surface area (Å²) in [5.41, 5.74) is 3.37. The highest BCUT2D eigenvalue weighted by molar-refractivity contribution is 6.05. The van der Waals surface area contributed by atoms with E-state index in [0.29, 0.717) is 5.56 Å². The Hall–Kier alpha value is -2.86.